The summed E-state index contributed by atoms with van der Waals surface area (Å²) in [6.45, 7) is 4.17. The van der Waals surface area contributed by atoms with Gasteiger partial charge in [-0.1, -0.05) is 5.16 Å². The van der Waals surface area contributed by atoms with Gasteiger partial charge in [-0.2, -0.15) is 10.1 Å². The molecule has 0 saturated carbocycles. The lowest BCUT2D eigenvalue weighted by molar-refractivity contribution is 0.0901. The maximum atomic E-state index is 13.3. The molecule has 1 aromatic carbocycles. The summed E-state index contributed by atoms with van der Waals surface area (Å²) in [5, 5.41) is 11.6. The van der Waals surface area contributed by atoms with Crippen molar-refractivity contribution >= 4 is 5.91 Å². The second kappa shape index (κ2) is 7.64. The van der Waals surface area contributed by atoms with Gasteiger partial charge in [-0.3, -0.25) is 4.79 Å². The normalized spacial score (nSPS) is 13.7. The van der Waals surface area contributed by atoms with Crippen LogP contribution in [0.3, 0.4) is 0 Å². The van der Waals surface area contributed by atoms with E-state index in [-0.39, 0.29) is 11.7 Å². The Morgan fingerprint density at radius 2 is 2.00 bits per heavy atom. The molecule has 0 aliphatic heterocycles. The van der Waals surface area contributed by atoms with Crippen molar-refractivity contribution in [2.24, 2.45) is 0 Å². The monoisotopic (exact) mass is 412 g/mol. The predicted molar refractivity (Wildman–Crippen MR) is 108 cm³/mol. The average molecular weight is 412 g/mol. The first-order valence-corrected chi connectivity index (χ1v) is 9.91. The largest absolute Gasteiger partial charge is 0.338 e. The standard InChI is InChI=1S/C21H25FN6O2/c1-21(2,20-23-17(30-26-20)12-27(3)4)24-19(29)18-15-6-5-7-16(15)28(25-18)14-10-8-13(22)9-11-14/h8-11H,5-7,12H2,1-4H3,(H,24,29). The van der Waals surface area contributed by atoms with Crippen LogP contribution >= 0.6 is 0 Å². The fraction of sp³-hybridized carbons (Fsp3) is 0.429. The van der Waals surface area contributed by atoms with Gasteiger partial charge in [0.15, 0.2) is 11.5 Å². The molecule has 1 aliphatic rings. The lowest BCUT2D eigenvalue weighted by Gasteiger charge is -2.22. The molecular formula is C21H25FN6O2. The lowest BCUT2D eigenvalue weighted by Crippen LogP contribution is -2.42. The number of carbonyl (C=O) groups excluding carboxylic acids is 1. The minimum atomic E-state index is -0.837. The minimum Gasteiger partial charge on any atom is -0.338 e. The van der Waals surface area contributed by atoms with Crippen LogP contribution in [0, 0.1) is 5.82 Å². The van der Waals surface area contributed by atoms with Crippen molar-refractivity contribution in [3.8, 4) is 5.69 Å². The van der Waals surface area contributed by atoms with Gasteiger partial charge in [-0.05, 0) is 71.5 Å². The Hall–Kier alpha value is -3.07. The molecule has 30 heavy (non-hydrogen) atoms. The summed E-state index contributed by atoms with van der Waals surface area (Å²) >= 11 is 0. The van der Waals surface area contributed by atoms with Crippen molar-refractivity contribution in [3.63, 3.8) is 0 Å². The van der Waals surface area contributed by atoms with Gasteiger partial charge in [-0.25, -0.2) is 9.07 Å². The molecule has 1 aliphatic carbocycles. The zero-order chi connectivity index (χ0) is 21.5. The number of hydrogen-bond donors (Lipinski definition) is 1. The Balaban J connectivity index is 1.60. The fourth-order valence-corrected chi connectivity index (χ4v) is 3.66. The molecule has 0 bridgehead atoms. The molecule has 3 aromatic rings. The van der Waals surface area contributed by atoms with Crippen LogP contribution in [-0.4, -0.2) is 44.8 Å². The number of benzene rings is 1. The highest BCUT2D eigenvalue weighted by Gasteiger charge is 2.33. The second-order valence-corrected chi connectivity index (χ2v) is 8.34. The summed E-state index contributed by atoms with van der Waals surface area (Å²) in [6.07, 6.45) is 2.57. The topological polar surface area (TPSA) is 89.1 Å². The molecule has 0 spiro atoms. The van der Waals surface area contributed by atoms with Crippen molar-refractivity contribution in [2.75, 3.05) is 14.1 Å². The van der Waals surface area contributed by atoms with Crippen molar-refractivity contribution in [1.29, 1.82) is 0 Å². The number of nitrogens with one attached hydrogen (secondary N) is 1. The number of halogens is 1. The van der Waals surface area contributed by atoms with Gasteiger partial charge in [0, 0.05) is 11.3 Å². The summed E-state index contributed by atoms with van der Waals surface area (Å²) in [6, 6.07) is 6.11. The van der Waals surface area contributed by atoms with Crippen LogP contribution in [0.4, 0.5) is 4.39 Å². The van der Waals surface area contributed by atoms with E-state index in [0.29, 0.717) is 24.0 Å². The molecule has 4 rings (SSSR count). The highest BCUT2D eigenvalue weighted by Crippen LogP contribution is 2.29. The summed E-state index contributed by atoms with van der Waals surface area (Å²) in [5.41, 5.74) is 2.22. The molecule has 0 radical (unpaired) electrons. The van der Waals surface area contributed by atoms with E-state index in [9.17, 15) is 9.18 Å². The van der Waals surface area contributed by atoms with E-state index >= 15 is 0 Å². The first kappa shape index (κ1) is 20.2. The van der Waals surface area contributed by atoms with Crippen LogP contribution in [0.25, 0.3) is 5.69 Å². The number of amides is 1. The molecule has 1 amide bonds. The zero-order valence-electron chi connectivity index (χ0n) is 17.6. The van der Waals surface area contributed by atoms with Crippen LogP contribution in [0.15, 0.2) is 28.8 Å². The Morgan fingerprint density at radius 1 is 1.27 bits per heavy atom. The Labute approximate surface area is 174 Å². The van der Waals surface area contributed by atoms with Crippen molar-refractivity contribution in [3.05, 3.63) is 58.7 Å². The third-order valence-electron chi connectivity index (χ3n) is 5.12. The van der Waals surface area contributed by atoms with Crippen molar-refractivity contribution in [1.82, 2.24) is 30.1 Å². The van der Waals surface area contributed by atoms with Gasteiger partial charge in [0.2, 0.25) is 5.89 Å². The summed E-state index contributed by atoms with van der Waals surface area (Å²) < 4.78 is 20.3. The van der Waals surface area contributed by atoms with E-state index in [1.807, 2.05) is 32.8 Å². The molecule has 0 saturated heterocycles. The molecular weight excluding hydrogens is 387 g/mol. The number of fused-ring (bicyclic) bond motifs is 1. The highest BCUT2D eigenvalue weighted by molar-refractivity contribution is 5.94. The molecule has 9 heteroatoms. The quantitative estimate of drug-likeness (QED) is 0.670. The van der Waals surface area contributed by atoms with Gasteiger partial charge < -0.3 is 14.7 Å². The van der Waals surface area contributed by atoms with E-state index in [1.165, 1.54) is 12.1 Å². The maximum absolute atomic E-state index is 13.3. The van der Waals surface area contributed by atoms with Crippen molar-refractivity contribution < 1.29 is 13.7 Å². The first-order valence-electron chi connectivity index (χ1n) is 9.91. The second-order valence-electron chi connectivity index (χ2n) is 8.34. The van der Waals surface area contributed by atoms with Crippen LogP contribution in [-0.2, 0) is 24.9 Å². The van der Waals surface area contributed by atoms with Crippen LogP contribution in [0.5, 0.6) is 0 Å². The Bertz CT molecular complexity index is 1070. The number of carbonyl (C=O) groups is 1. The van der Waals surface area contributed by atoms with Crippen LogP contribution in [0.2, 0.25) is 0 Å². The van der Waals surface area contributed by atoms with E-state index < -0.39 is 5.54 Å². The predicted octanol–water partition coefficient (Wildman–Crippen LogP) is 2.61. The molecule has 8 nitrogen and oxygen atoms in total. The highest BCUT2D eigenvalue weighted by atomic mass is 19.1. The Kier molecular flexibility index (Phi) is 5.15. The van der Waals surface area contributed by atoms with Crippen LogP contribution < -0.4 is 5.32 Å². The molecule has 0 fully saturated rings. The van der Waals surface area contributed by atoms with Gasteiger partial charge in [0.1, 0.15) is 5.82 Å². The van der Waals surface area contributed by atoms with E-state index in [2.05, 4.69) is 20.6 Å². The van der Waals surface area contributed by atoms with Gasteiger partial charge >= 0.3 is 0 Å². The summed E-state index contributed by atoms with van der Waals surface area (Å²) in [5.74, 6) is 0.287. The fourth-order valence-electron chi connectivity index (χ4n) is 3.66. The number of nitrogens with zero attached hydrogens (tertiary/aromatic N) is 5. The summed E-state index contributed by atoms with van der Waals surface area (Å²) in [7, 11) is 3.82. The maximum Gasteiger partial charge on any atom is 0.272 e. The minimum absolute atomic E-state index is 0.294. The van der Waals surface area contributed by atoms with E-state index in [4.69, 9.17) is 4.52 Å². The third-order valence-corrected chi connectivity index (χ3v) is 5.12. The molecule has 158 valence electrons. The SMILES string of the molecule is CN(C)Cc1nc(C(C)(C)NC(=O)c2nn(-c3ccc(F)cc3)c3c2CCC3)no1. The summed E-state index contributed by atoms with van der Waals surface area (Å²) in [4.78, 5) is 19.5. The first-order chi connectivity index (χ1) is 14.2. The molecule has 2 aromatic heterocycles. The lowest BCUT2D eigenvalue weighted by atomic mass is 10.0. The Morgan fingerprint density at radius 3 is 2.70 bits per heavy atom. The van der Waals surface area contributed by atoms with Gasteiger partial charge in [0.25, 0.3) is 5.91 Å². The van der Waals surface area contributed by atoms with Crippen LogP contribution in [0.1, 0.15) is 53.7 Å². The zero-order valence-corrected chi connectivity index (χ0v) is 17.6. The number of aromatic nitrogens is 4. The molecule has 1 N–H and O–H groups in total. The number of rotatable bonds is 6. The molecule has 0 unspecified atom stereocenters. The van der Waals surface area contributed by atoms with E-state index in [0.717, 1.165) is 36.2 Å². The third kappa shape index (κ3) is 3.85. The number of hydrogen-bond acceptors (Lipinski definition) is 6. The van der Waals surface area contributed by atoms with E-state index in [1.54, 1.807) is 16.8 Å². The van der Waals surface area contributed by atoms with Crippen molar-refractivity contribution in [2.45, 2.75) is 45.2 Å². The van der Waals surface area contributed by atoms with Gasteiger partial charge in [0.05, 0.1) is 17.8 Å². The smallest absolute Gasteiger partial charge is 0.272 e. The molecule has 0 atom stereocenters. The molecule has 2 heterocycles. The van der Waals surface area contributed by atoms with Gasteiger partial charge in [-0.15, -0.1) is 0 Å². The average Bonchev–Trinajstić information content (AvgIpc) is 3.38.